The van der Waals surface area contributed by atoms with Crippen LogP contribution in [0.2, 0.25) is 0 Å². The van der Waals surface area contributed by atoms with Gasteiger partial charge in [-0.3, -0.25) is 9.59 Å². The van der Waals surface area contributed by atoms with E-state index in [0.717, 1.165) is 25.7 Å². The molecule has 6 heteroatoms. The largest absolute Gasteiger partial charge is 0.396 e. The summed E-state index contributed by atoms with van der Waals surface area (Å²) in [5, 5.41) is 11.4. The highest BCUT2D eigenvalue weighted by Crippen LogP contribution is 2.13. The summed E-state index contributed by atoms with van der Waals surface area (Å²) in [6, 6.07) is 0. The summed E-state index contributed by atoms with van der Waals surface area (Å²) in [7, 11) is 0. The fraction of sp³-hybridized carbons (Fsp3) is 0.818. The molecule has 0 unspecified atom stereocenters. The van der Waals surface area contributed by atoms with Gasteiger partial charge in [0.1, 0.15) is 6.54 Å². The number of carbonyl (C=O) groups is 2. The molecule has 2 amide bonds. The molecule has 1 aliphatic rings. The molecule has 17 heavy (non-hydrogen) atoms. The van der Waals surface area contributed by atoms with E-state index in [1.807, 2.05) is 0 Å². The summed E-state index contributed by atoms with van der Waals surface area (Å²) < 4.78 is 0. The van der Waals surface area contributed by atoms with E-state index in [1.54, 1.807) is 16.7 Å². The van der Waals surface area contributed by atoms with Gasteiger partial charge in [0.05, 0.1) is 11.6 Å². The molecular formula is C11H20N2O3S. The zero-order chi connectivity index (χ0) is 12.5. The number of amides is 2. The van der Waals surface area contributed by atoms with Crippen molar-refractivity contribution in [3.8, 4) is 0 Å². The molecular weight excluding hydrogens is 240 g/mol. The quantitative estimate of drug-likeness (QED) is 0.611. The summed E-state index contributed by atoms with van der Waals surface area (Å²) in [5.41, 5.74) is 0. The normalized spacial score (nSPS) is 15.4. The van der Waals surface area contributed by atoms with Crippen molar-refractivity contribution >= 4 is 23.6 Å². The van der Waals surface area contributed by atoms with Crippen LogP contribution in [0.25, 0.3) is 0 Å². The van der Waals surface area contributed by atoms with E-state index in [4.69, 9.17) is 5.11 Å². The molecule has 1 fully saturated rings. The van der Waals surface area contributed by atoms with Crippen LogP contribution in [0.1, 0.15) is 25.7 Å². The van der Waals surface area contributed by atoms with Crippen molar-refractivity contribution in [2.75, 3.05) is 31.3 Å². The van der Waals surface area contributed by atoms with Gasteiger partial charge in [0.25, 0.3) is 0 Å². The summed E-state index contributed by atoms with van der Waals surface area (Å²) in [6.07, 6.45) is 3.76. The maximum absolute atomic E-state index is 11.5. The predicted octanol–water partition coefficient (Wildman–Crippen LogP) is 0.188. The molecule has 0 saturated carbocycles. The van der Waals surface area contributed by atoms with Crippen molar-refractivity contribution in [2.45, 2.75) is 25.7 Å². The number of aliphatic hydroxyl groups excluding tert-OH is 1. The second kappa shape index (κ2) is 8.36. The standard InChI is InChI=1S/C11H20N2O3S/c14-6-4-2-1-3-5-12-10(15)7-13-9-17-8-11(13)16/h14H,1-9H2,(H,12,15). The zero-order valence-electron chi connectivity index (χ0n) is 9.98. The number of thioether (sulfide) groups is 1. The first-order chi connectivity index (χ1) is 8.24. The van der Waals surface area contributed by atoms with Gasteiger partial charge in [0, 0.05) is 13.2 Å². The number of aliphatic hydroxyl groups is 1. The van der Waals surface area contributed by atoms with Crippen LogP contribution >= 0.6 is 11.8 Å². The maximum Gasteiger partial charge on any atom is 0.239 e. The molecule has 5 nitrogen and oxygen atoms in total. The Morgan fingerprint density at radius 3 is 2.76 bits per heavy atom. The first-order valence-corrected chi connectivity index (χ1v) is 7.12. The second-order valence-corrected chi connectivity index (χ2v) is 5.01. The van der Waals surface area contributed by atoms with Gasteiger partial charge in [0.15, 0.2) is 0 Å². The maximum atomic E-state index is 11.5. The molecule has 2 N–H and O–H groups in total. The van der Waals surface area contributed by atoms with Crippen LogP contribution in [0.15, 0.2) is 0 Å². The summed E-state index contributed by atoms with van der Waals surface area (Å²) in [5.74, 6) is 1.09. The highest BCUT2D eigenvalue weighted by molar-refractivity contribution is 8.00. The molecule has 0 aromatic rings. The molecule has 1 rings (SSSR count). The van der Waals surface area contributed by atoms with Crippen LogP contribution in [0.3, 0.4) is 0 Å². The Bertz CT molecular complexity index is 261. The fourth-order valence-corrected chi connectivity index (χ4v) is 2.49. The van der Waals surface area contributed by atoms with E-state index >= 15 is 0 Å². The molecule has 1 heterocycles. The van der Waals surface area contributed by atoms with Crippen LogP contribution in [0.5, 0.6) is 0 Å². The summed E-state index contributed by atoms with van der Waals surface area (Å²) >= 11 is 1.54. The van der Waals surface area contributed by atoms with Gasteiger partial charge in [-0.15, -0.1) is 11.8 Å². The van der Waals surface area contributed by atoms with Gasteiger partial charge < -0.3 is 15.3 Å². The highest BCUT2D eigenvalue weighted by atomic mass is 32.2. The van der Waals surface area contributed by atoms with Crippen molar-refractivity contribution in [1.29, 1.82) is 0 Å². The molecule has 0 aromatic carbocycles. The average Bonchev–Trinajstić information content (AvgIpc) is 2.69. The lowest BCUT2D eigenvalue weighted by atomic mass is 10.2. The van der Waals surface area contributed by atoms with Crippen molar-refractivity contribution in [3.05, 3.63) is 0 Å². The Hall–Kier alpha value is -0.750. The van der Waals surface area contributed by atoms with E-state index in [2.05, 4.69) is 5.32 Å². The Morgan fingerprint density at radius 1 is 1.35 bits per heavy atom. The van der Waals surface area contributed by atoms with E-state index in [0.29, 0.717) is 18.2 Å². The third-order valence-corrected chi connectivity index (χ3v) is 3.51. The summed E-state index contributed by atoms with van der Waals surface area (Å²) in [6.45, 7) is 1.07. The van der Waals surface area contributed by atoms with Crippen LogP contribution in [-0.4, -0.2) is 53.1 Å². The first kappa shape index (κ1) is 14.3. The lowest BCUT2D eigenvalue weighted by molar-refractivity contribution is -0.132. The third kappa shape index (κ3) is 5.93. The number of hydrogen-bond acceptors (Lipinski definition) is 4. The molecule has 0 radical (unpaired) electrons. The first-order valence-electron chi connectivity index (χ1n) is 5.97. The molecule has 98 valence electrons. The SMILES string of the molecule is O=C(CN1CSCC1=O)NCCCCCCO. The minimum Gasteiger partial charge on any atom is -0.396 e. The van der Waals surface area contributed by atoms with E-state index < -0.39 is 0 Å². The topological polar surface area (TPSA) is 69.6 Å². The zero-order valence-corrected chi connectivity index (χ0v) is 10.8. The van der Waals surface area contributed by atoms with E-state index in [-0.39, 0.29) is 25.0 Å². The van der Waals surface area contributed by atoms with Crippen LogP contribution in [0.4, 0.5) is 0 Å². The van der Waals surface area contributed by atoms with Crippen molar-refractivity contribution in [3.63, 3.8) is 0 Å². The third-order valence-electron chi connectivity index (χ3n) is 2.57. The average molecular weight is 260 g/mol. The molecule has 0 aromatic heterocycles. The van der Waals surface area contributed by atoms with E-state index in [1.165, 1.54) is 0 Å². The number of unbranched alkanes of at least 4 members (excludes halogenated alkanes) is 3. The van der Waals surface area contributed by atoms with Crippen LogP contribution in [-0.2, 0) is 9.59 Å². The van der Waals surface area contributed by atoms with Gasteiger partial charge in [-0.25, -0.2) is 0 Å². The van der Waals surface area contributed by atoms with Gasteiger partial charge in [-0.1, -0.05) is 12.8 Å². The molecule has 0 atom stereocenters. The van der Waals surface area contributed by atoms with Crippen molar-refractivity contribution in [2.24, 2.45) is 0 Å². The van der Waals surface area contributed by atoms with Crippen molar-refractivity contribution in [1.82, 2.24) is 10.2 Å². The molecule has 1 aliphatic heterocycles. The molecule has 1 saturated heterocycles. The van der Waals surface area contributed by atoms with Crippen LogP contribution < -0.4 is 5.32 Å². The van der Waals surface area contributed by atoms with Crippen molar-refractivity contribution < 1.29 is 14.7 Å². The predicted molar refractivity (Wildman–Crippen MR) is 67.6 cm³/mol. The number of carbonyl (C=O) groups excluding carboxylic acids is 2. The smallest absolute Gasteiger partial charge is 0.239 e. The molecule has 0 aliphatic carbocycles. The minimum absolute atomic E-state index is 0.0492. The van der Waals surface area contributed by atoms with Gasteiger partial charge in [-0.05, 0) is 12.8 Å². The number of rotatable bonds is 8. The summed E-state index contributed by atoms with van der Waals surface area (Å²) in [4.78, 5) is 24.3. The van der Waals surface area contributed by atoms with E-state index in [9.17, 15) is 9.59 Å². The monoisotopic (exact) mass is 260 g/mol. The van der Waals surface area contributed by atoms with Gasteiger partial charge in [0.2, 0.25) is 11.8 Å². The van der Waals surface area contributed by atoms with Crippen LogP contribution in [0, 0.1) is 0 Å². The second-order valence-electron chi connectivity index (χ2n) is 4.06. The Balaban J connectivity index is 1.99. The minimum atomic E-state index is -0.0805. The van der Waals surface area contributed by atoms with Gasteiger partial charge >= 0.3 is 0 Å². The lowest BCUT2D eigenvalue weighted by Crippen LogP contribution is -2.38. The molecule has 0 spiro atoms. The number of nitrogens with one attached hydrogen (secondary N) is 1. The lowest BCUT2D eigenvalue weighted by Gasteiger charge is -2.14. The fourth-order valence-electron chi connectivity index (χ4n) is 1.59. The Morgan fingerprint density at radius 2 is 2.12 bits per heavy atom. The number of nitrogens with zero attached hydrogens (tertiary/aromatic N) is 1. The van der Waals surface area contributed by atoms with Gasteiger partial charge in [-0.2, -0.15) is 0 Å². The Labute approximate surface area is 106 Å². The molecule has 0 bridgehead atoms. The number of hydrogen-bond donors (Lipinski definition) is 2. The highest BCUT2D eigenvalue weighted by Gasteiger charge is 2.22. The Kier molecular flexibility index (Phi) is 7.04.